The lowest BCUT2D eigenvalue weighted by molar-refractivity contribution is 0.0984. The number of rotatable bonds is 5. The average molecular weight is 296 g/mol. The summed E-state index contributed by atoms with van der Waals surface area (Å²) in [4.78, 5) is 0. The van der Waals surface area contributed by atoms with Crippen molar-refractivity contribution >= 4 is 15.7 Å². The van der Waals surface area contributed by atoms with Crippen LogP contribution in [0.25, 0.3) is 0 Å². The van der Waals surface area contributed by atoms with Crippen LogP contribution < -0.4 is 9.46 Å². The molecule has 0 spiro atoms. The molecule has 1 heterocycles. The van der Waals surface area contributed by atoms with E-state index >= 15 is 0 Å². The van der Waals surface area contributed by atoms with E-state index in [0.717, 1.165) is 0 Å². The predicted molar refractivity (Wildman–Crippen MR) is 73.9 cm³/mol. The van der Waals surface area contributed by atoms with Crippen LogP contribution in [0.5, 0.6) is 5.75 Å². The third kappa shape index (κ3) is 3.62. The third-order valence-corrected chi connectivity index (χ3v) is 4.89. The molecule has 0 radical (unpaired) electrons. The fourth-order valence-electron chi connectivity index (χ4n) is 2.01. The molecule has 0 atom stereocenters. The number of sulfonamides is 1. The standard InChI is InChI=1S/C13H16N2O4S/c14-7-10-19-13-4-2-1-3-12(13)15-20(16,17)11-5-8-18-9-6-11/h1-4,11,15H,5-6,8-10H2. The highest BCUT2D eigenvalue weighted by molar-refractivity contribution is 7.93. The fraction of sp³-hybridized carbons (Fsp3) is 0.462. The van der Waals surface area contributed by atoms with Gasteiger partial charge < -0.3 is 9.47 Å². The zero-order chi connectivity index (χ0) is 14.4. The zero-order valence-corrected chi connectivity index (χ0v) is 11.7. The highest BCUT2D eigenvalue weighted by atomic mass is 32.2. The lowest BCUT2D eigenvalue weighted by Gasteiger charge is -2.23. The van der Waals surface area contributed by atoms with Crippen LogP contribution in [0.3, 0.4) is 0 Å². The van der Waals surface area contributed by atoms with Crippen molar-refractivity contribution in [2.75, 3.05) is 24.5 Å². The number of anilines is 1. The molecule has 1 saturated heterocycles. The van der Waals surface area contributed by atoms with Gasteiger partial charge in [0.2, 0.25) is 10.0 Å². The van der Waals surface area contributed by atoms with Gasteiger partial charge in [0, 0.05) is 13.2 Å². The Kier molecular flexibility index (Phi) is 4.82. The largest absolute Gasteiger partial charge is 0.477 e. The van der Waals surface area contributed by atoms with Gasteiger partial charge in [-0.2, -0.15) is 5.26 Å². The van der Waals surface area contributed by atoms with Gasteiger partial charge in [-0.1, -0.05) is 12.1 Å². The minimum absolute atomic E-state index is 0.129. The fourth-order valence-corrected chi connectivity index (χ4v) is 3.46. The Labute approximate surface area is 118 Å². The van der Waals surface area contributed by atoms with E-state index in [1.54, 1.807) is 24.3 Å². The maximum Gasteiger partial charge on any atom is 0.235 e. The van der Waals surface area contributed by atoms with E-state index in [9.17, 15) is 8.42 Å². The summed E-state index contributed by atoms with van der Waals surface area (Å²) in [6, 6.07) is 8.52. The lowest BCUT2D eigenvalue weighted by atomic mass is 10.2. The maximum atomic E-state index is 12.3. The van der Waals surface area contributed by atoms with E-state index in [0.29, 0.717) is 37.5 Å². The summed E-state index contributed by atoms with van der Waals surface area (Å²) in [6.07, 6.45) is 0.965. The van der Waals surface area contributed by atoms with Crippen LogP contribution >= 0.6 is 0 Å². The van der Waals surface area contributed by atoms with Gasteiger partial charge in [-0.3, -0.25) is 4.72 Å². The zero-order valence-electron chi connectivity index (χ0n) is 10.9. The Morgan fingerprint density at radius 1 is 1.35 bits per heavy atom. The monoisotopic (exact) mass is 296 g/mol. The van der Waals surface area contributed by atoms with E-state index in [-0.39, 0.29) is 6.61 Å². The molecule has 0 amide bonds. The van der Waals surface area contributed by atoms with Gasteiger partial charge in [0.15, 0.2) is 6.61 Å². The van der Waals surface area contributed by atoms with E-state index < -0.39 is 15.3 Å². The molecule has 0 saturated carbocycles. The van der Waals surface area contributed by atoms with Crippen LogP contribution in [0.4, 0.5) is 5.69 Å². The summed E-state index contributed by atoms with van der Waals surface area (Å²) < 4.78 is 37.5. The number of hydrogen-bond donors (Lipinski definition) is 1. The first kappa shape index (κ1) is 14.6. The number of ether oxygens (including phenoxy) is 2. The van der Waals surface area contributed by atoms with E-state index in [1.165, 1.54) is 0 Å². The molecule has 1 fully saturated rings. The molecule has 0 aliphatic carbocycles. The smallest absolute Gasteiger partial charge is 0.235 e. The quantitative estimate of drug-likeness (QED) is 0.889. The number of nitriles is 1. The molecule has 1 aromatic rings. The van der Waals surface area contributed by atoms with Crippen molar-refractivity contribution in [1.82, 2.24) is 0 Å². The highest BCUT2D eigenvalue weighted by Gasteiger charge is 2.28. The second kappa shape index (κ2) is 6.59. The molecule has 0 bridgehead atoms. The van der Waals surface area contributed by atoms with Gasteiger partial charge in [-0.15, -0.1) is 0 Å². The van der Waals surface area contributed by atoms with Crippen molar-refractivity contribution in [2.45, 2.75) is 18.1 Å². The van der Waals surface area contributed by atoms with Gasteiger partial charge in [-0.05, 0) is 25.0 Å². The molecular formula is C13H16N2O4S. The van der Waals surface area contributed by atoms with Crippen LogP contribution in [-0.4, -0.2) is 33.5 Å². The Bertz CT molecular complexity index is 589. The van der Waals surface area contributed by atoms with Gasteiger partial charge in [-0.25, -0.2) is 8.42 Å². The average Bonchev–Trinajstić information content (AvgIpc) is 2.47. The van der Waals surface area contributed by atoms with Crippen LogP contribution in [0, 0.1) is 11.3 Å². The van der Waals surface area contributed by atoms with Gasteiger partial charge >= 0.3 is 0 Å². The SMILES string of the molecule is N#CCOc1ccccc1NS(=O)(=O)C1CCOCC1. The van der Waals surface area contributed by atoms with Crippen molar-refractivity contribution in [2.24, 2.45) is 0 Å². The van der Waals surface area contributed by atoms with E-state index in [4.69, 9.17) is 14.7 Å². The molecule has 0 aromatic heterocycles. The summed E-state index contributed by atoms with van der Waals surface area (Å²) >= 11 is 0. The number of para-hydroxylation sites is 2. The molecule has 108 valence electrons. The van der Waals surface area contributed by atoms with Crippen molar-refractivity contribution in [3.05, 3.63) is 24.3 Å². The third-order valence-electron chi connectivity index (χ3n) is 3.04. The molecule has 7 heteroatoms. The number of benzene rings is 1. The second-order valence-corrected chi connectivity index (χ2v) is 6.36. The van der Waals surface area contributed by atoms with Crippen molar-refractivity contribution < 1.29 is 17.9 Å². The Morgan fingerprint density at radius 2 is 2.05 bits per heavy atom. The van der Waals surface area contributed by atoms with Crippen LogP contribution in [0.2, 0.25) is 0 Å². The van der Waals surface area contributed by atoms with E-state index in [1.807, 2.05) is 6.07 Å². The highest BCUT2D eigenvalue weighted by Crippen LogP contribution is 2.27. The second-order valence-electron chi connectivity index (χ2n) is 4.40. The summed E-state index contributed by atoms with van der Waals surface area (Å²) in [6.45, 7) is 0.784. The number of hydrogen-bond acceptors (Lipinski definition) is 5. The van der Waals surface area contributed by atoms with Crippen LogP contribution in [0.15, 0.2) is 24.3 Å². The first-order valence-corrected chi connectivity index (χ1v) is 7.86. The minimum atomic E-state index is -3.48. The number of nitrogens with zero attached hydrogens (tertiary/aromatic N) is 1. The topological polar surface area (TPSA) is 88.4 Å². The predicted octanol–water partition coefficient (Wildman–Crippen LogP) is 1.51. The molecule has 6 nitrogen and oxygen atoms in total. The summed E-state index contributed by atoms with van der Waals surface area (Å²) in [5.74, 6) is 0.352. The summed E-state index contributed by atoms with van der Waals surface area (Å²) in [7, 11) is -3.48. The first-order chi connectivity index (χ1) is 9.63. The number of nitrogens with one attached hydrogen (secondary N) is 1. The van der Waals surface area contributed by atoms with E-state index in [2.05, 4.69) is 4.72 Å². The molecule has 1 aliphatic rings. The van der Waals surface area contributed by atoms with Gasteiger partial charge in [0.25, 0.3) is 0 Å². The van der Waals surface area contributed by atoms with Crippen LogP contribution in [0.1, 0.15) is 12.8 Å². The summed E-state index contributed by atoms with van der Waals surface area (Å²) in [5.41, 5.74) is 0.356. The maximum absolute atomic E-state index is 12.3. The Hall–Kier alpha value is -1.78. The van der Waals surface area contributed by atoms with Crippen molar-refractivity contribution in [1.29, 1.82) is 5.26 Å². The minimum Gasteiger partial charge on any atom is -0.477 e. The lowest BCUT2D eigenvalue weighted by Crippen LogP contribution is -2.33. The molecule has 1 aromatic carbocycles. The van der Waals surface area contributed by atoms with Gasteiger partial charge in [0.05, 0.1) is 10.9 Å². The summed E-state index contributed by atoms with van der Waals surface area (Å²) in [5, 5.41) is 8.07. The molecular weight excluding hydrogens is 280 g/mol. The van der Waals surface area contributed by atoms with Crippen LogP contribution in [-0.2, 0) is 14.8 Å². The molecule has 1 N–H and O–H groups in total. The molecule has 20 heavy (non-hydrogen) atoms. The molecule has 0 unspecified atom stereocenters. The Balaban J connectivity index is 2.14. The molecule has 1 aliphatic heterocycles. The van der Waals surface area contributed by atoms with Crippen molar-refractivity contribution in [3.63, 3.8) is 0 Å². The molecule has 2 rings (SSSR count). The normalized spacial score (nSPS) is 16.4. The van der Waals surface area contributed by atoms with Crippen molar-refractivity contribution in [3.8, 4) is 11.8 Å². The first-order valence-electron chi connectivity index (χ1n) is 6.31. The Morgan fingerprint density at radius 3 is 2.75 bits per heavy atom. The van der Waals surface area contributed by atoms with Gasteiger partial charge in [0.1, 0.15) is 11.8 Å².